The Morgan fingerprint density at radius 3 is 2.75 bits per heavy atom. The van der Waals surface area contributed by atoms with Crippen LogP contribution in [0.3, 0.4) is 0 Å². The molecule has 1 amide bonds. The second-order valence-corrected chi connectivity index (χ2v) is 8.98. The van der Waals surface area contributed by atoms with Gasteiger partial charge in [0, 0.05) is 25.7 Å². The smallest absolute Gasteiger partial charge is 0.410 e. The van der Waals surface area contributed by atoms with E-state index in [2.05, 4.69) is 19.2 Å². The molecule has 2 rings (SSSR count). The average Bonchev–Trinajstić information content (AvgIpc) is 2.45. The van der Waals surface area contributed by atoms with Gasteiger partial charge >= 0.3 is 6.09 Å². The Bertz CT molecular complexity index is 417. The Morgan fingerprint density at radius 2 is 2.08 bits per heavy atom. The molecule has 0 bridgehead atoms. The van der Waals surface area contributed by atoms with Crippen LogP contribution in [0.5, 0.6) is 0 Å². The lowest BCUT2D eigenvalue weighted by Gasteiger charge is -2.37. The Morgan fingerprint density at radius 1 is 1.33 bits per heavy atom. The van der Waals surface area contributed by atoms with Crippen LogP contribution in [0.2, 0.25) is 0 Å². The van der Waals surface area contributed by atoms with E-state index in [1.807, 2.05) is 25.7 Å². The molecular weight excluding hydrogens is 304 g/mol. The van der Waals surface area contributed by atoms with Gasteiger partial charge in [-0.05, 0) is 79.2 Å². The number of nitrogens with one attached hydrogen (secondary N) is 1. The van der Waals surface area contributed by atoms with Crippen molar-refractivity contribution in [3.05, 3.63) is 0 Å². The molecule has 2 aliphatic rings. The number of amides is 1. The summed E-state index contributed by atoms with van der Waals surface area (Å²) in [6.45, 7) is 13.6. The molecule has 140 valence electrons. The van der Waals surface area contributed by atoms with Crippen molar-refractivity contribution in [1.29, 1.82) is 0 Å². The first-order valence-corrected chi connectivity index (χ1v) is 9.50. The Hall–Kier alpha value is -0.810. The highest BCUT2D eigenvalue weighted by Gasteiger charge is 2.30. The number of ether oxygens (including phenoxy) is 2. The van der Waals surface area contributed by atoms with Gasteiger partial charge in [0.15, 0.2) is 0 Å². The first-order chi connectivity index (χ1) is 11.1. The molecule has 2 fully saturated rings. The molecule has 0 aliphatic carbocycles. The molecule has 0 aromatic carbocycles. The van der Waals surface area contributed by atoms with Crippen LogP contribution in [0.15, 0.2) is 0 Å². The van der Waals surface area contributed by atoms with Crippen LogP contribution in [-0.4, -0.2) is 54.5 Å². The monoisotopic (exact) mass is 340 g/mol. The number of likely N-dealkylation sites (tertiary alicyclic amines) is 1. The minimum absolute atomic E-state index is 0.00569. The van der Waals surface area contributed by atoms with Crippen molar-refractivity contribution in [2.24, 2.45) is 5.92 Å². The van der Waals surface area contributed by atoms with E-state index in [0.29, 0.717) is 12.0 Å². The zero-order valence-electron chi connectivity index (χ0n) is 16.2. The predicted molar refractivity (Wildman–Crippen MR) is 96.2 cm³/mol. The summed E-state index contributed by atoms with van der Waals surface area (Å²) in [5.41, 5.74) is -0.421. The van der Waals surface area contributed by atoms with Gasteiger partial charge in [0.05, 0.1) is 5.60 Å². The van der Waals surface area contributed by atoms with Crippen molar-refractivity contribution in [1.82, 2.24) is 10.2 Å². The van der Waals surface area contributed by atoms with Crippen molar-refractivity contribution >= 4 is 6.09 Å². The summed E-state index contributed by atoms with van der Waals surface area (Å²) in [5.74, 6) is 0.576. The fourth-order valence-corrected chi connectivity index (χ4v) is 3.69. The molecule has 5 heteroatoms. The highest BCUT2D eigenvalue weighted by Crippen LogP contribution is 2.25. The molecule has 2 unspecified atom stereocenters. The van der Waals surface area contributed by atoms with Crippen molar-refractivity contribution < 1.29 is 14.3 Å². The van der Waals surface area contributed by atoms with E-state index in [9.17, 15) is 4.79 Å². The lowest BCUT2D eigenvalue weighted by Crippen LogP contribution is -2.45. The van der Waals surface area contributed by atoms with Gasteiger partial charge in [0.1, 0.15) is 5.60 Å². The number of hydrogen-bond donors (Lipinski definition) is 1. The average molecular weight is 341 g/mol. The van der Waals surface area contributed by atoms with Crippen LogP contribution in [0, 0.1) is 5.92 Å². The minimum Gasteiger partial charge on any atom is -0.444 e. The Balaban J connectivity index is 1.70. The standard InChI is InChI=1S/C19H36N2O3/c1-18(2,3)24-17(22)21-11-6-7-15(14-21)8-10-20-16-9-12-23-19(4,5)13-16/h15-16,20H,6-14H2,1-5H3. The van der Waals surface area contributed by atoms with Gasteiger partial charge in [0.25, 0.3) is 0 Å². The van der Waals surface area contributed by atoms with Crippen LogP contribution in [0.4, 0.5) is 4.79 Å². The molecule has 0 aromatic heterocycles. The quantitative estimate of drug-likeness (QED) is 0.850. The highest BCUT2D eigenvalue weighted by molar-refractivity contribution is 5.68. The summed E-state index contributed by atoms with van der Waals surface area (Å²) < 4.78 is 11.3. The summed E-state index contributed by atoms with van der Waals surface area (Å²) in [5, 5.41) is 3.69. The number of piperidine rings is 1. The molecule has 0 radical (unpaired) electrons. The van der Waals surface area contributed by atoms with E-state index in [-0.39, 0.29) is 11.7 Å². The van der Waals surface area contributed by atoms with Gasteiger partial charge in [-0.15, -0.1) is 0 Å². The normalized spacial score (nSPS) is 27.8. The van der Waals surface area contributed by atoms with Gasteiger partial charge in [0.2, 0.25) is 0 Å². The topological polar surface area (TPSA) is 50.8 Å². The van der Waals surface area contributed by atoms with Gasteiger partial charge in [-0.1, -0.05) is 0 Å². The molecule has 5 nitrogen and oxygen atoms in total. The van der Waals surface area contributed by atoms with Crippen molar-refractivity contribution in [3.8, 4) is 0 Å². The lowest BCUT2D eigenvalue weighted by molar-refractivity contribution is -0.0629. The summed E-state index contributed by atoms with van der Waals surface area (Å²) >= 11 is 0. The predicted octanol–water partition coefficient (Wildman–Crippen LogP) is 3.57. The second kappa shape index (κ2) is 8.05. The lowest BCUT2D eigenvalue weighted by atomic mass is 9.92. The van der Waals surface area contributed by atoms with E-state index in [1.165, 1.54) is 6.42 Å². The fourth-order valence-electron chi connectivity index (χ4n) is 3.69. The molecule has 1 N–H and O–H groups in total. The second-order valence-electron chi connectivity index (χ2n) is 8.98. The number of rotatable bonds is 4. The zero-order valence-corrected chi connectivity index (χ0v) is 16.2. The van der Waals surface area contributed by atoms with E-state index in [4.69, 9.17) is 9.47 Å². The van der Waals surface area contributed by atoms with E-state index >= 15 is 0 Å². The molecule has 2 aliphatic heterocycles. The number of nitrogens with zero attached hydrogens (tertiary/aromatic N) is 1. The van der Waals surface area contributed by atoms with Gasteiger partial charge in [-0.2, -0.15) is 0 Å². The van der Waals surface area contributed by atoms with Gasteiger partial charge < -0.3 is 19.7 Å². The first kappa shape index (κ1) is 19.5. The van der Waals surface area contributed by atoms with Crippen LogP contribution in [0.25, 0.3) is 0 Å². The molecule has 2 heterocycles. The SMILES string of the molecule is CC(C)(C)OC(=O)N1CCCC(CCNC2CCOC(C)(C)C2)C1. The maximum Gasteiger partial charge on any atom is 0.410 e. The first-order valence-electron chi connectivity index (χ1n) is 9.50. The highest BCUT2D eigenvalue weighted by atomic mass is 16.6. The summed E-state index contributed by atoms with van der Waals surface area (Å²) in [7, 11) is 0. The largest absolute Gasteiger partial charge is 0.444 e. The molecular formula is C19H36N2O3. The summed E-state index contributed by atoms with van der Waals surface area (Å²) in [4.78, 5) is 14.1. The maximum absolute atomic E-state index is 12.2. The van der Waals surface area contributed by atoms with Crippen LogP contribution in [-0.2, 0) is 9.47 Å². The van der Waals surface area contributed by atoms with Crippen molar-refractivity contribution in [2.75, 3.05) is 26.2 Å². The fraction of sp³-hybridized carbons (Fsp3) is 0.947. The van der Waals surface area contributed by atoms with Gasteiger partial charge in [-0.3, -0.25) is 0 Å². The van der Waals surface area contributed by atoms with Gasteiger partial charge in [-0.25, -0.2) is 4.79 Å². The molecule has 2 atom stereocenters. The minimum atomic E-state index is -0.415. The maximum atomic E-state index is 12.2. The van der Waals surface area contributed by atoms with E-state index in [1.54, 1.807) is 0 Å². The number of carbonyl (C=O) groups excluding carboxylic acids is 1. The van der Waals surface area contributed by atoms with Crippen molar-refractivity contribution in [3.63, 3.8) is 0 Å². The summed E-state index contributed by atoms with van der Waals surface area (Å²) in [6.07, 6.45) is 5.41. The van der Waals surface area contributed by atoms with Crippen LogP contribution >= 0.6 is 0 Å². The molecule has 0 aromatic rings. The third-order valence-corrected chi connectivity index (χ3v) is 4.85. The Labute approximate surface area is 147 Å². The Kier molecular flexibility index (Phi) is 6.54. The molecule has 2 saturated heterocycles. The van der Waals surface area contributed by atoms with E-state index < -0.39 is 5.60 Å². The zero-order chi connectivity index (χ0) is 17.8. The molecule has 0 saturated carbocycles. The van der Waals surface area contributed by atoms with Crippen molar-refractivity contribution in [2.45, 2.75) is 84.0 Å². The van der Waals surface area contributed by atoms with Crippen LogP contribution < -0.4 is 5.32 Å². The third kappa shape index (κ3) is 6.60. The summed E-state index contributed by atoms with van der Waals surface area (Å²) in [6, 6.07) is 0.555. The number of hydrogen-bond acceptors (Lipinski definition) is 4. The van der Waals surface area contributed by atoms with E-state index in [0.717, 1.165) is 51.9 Å². The van der Waals surface area contributed by atoms with Crippen LogP contribution in [0.1, 0.15) is 66.7 Å². The molecule has 0 spiro atoms. The number of carbonyl (C=O) groups is 1. The molecule has 24 heavy (non-hydrogen) atoms. The third-order valence-electron chi connectivity index (χ3n) is 4.85.